The molecule has 1 unspecified atom stereocenters. The minimum atomic E-state index is -1.06. The number of aromatic nitrogens is 2. The Balaban J connectivity index is 1.80. The molecule has 1 aliphatic rings. The van der Waals surface area contributed by atoms with Gasteiger partial charge in [0.25, 0.3) is 0 Å². The lowest BCUT2D eigenvalue weighted by molar-refractivity contribution is 0.0696. The molecule has 0 radical (unpaired) electrons. The molecule has 0 fully saturated rings. The van der Waals surface area contributed by atoms with Crippen LogP contribution in [0, 0.1) is 0 Å². The van der Waals surface area contributed by atoms with Crippen LogP contribution in [0.25, 0.3) is 0 Å². The fourth-order valence-electron chi connectivity index (χ4n) is 1.97. The number of aromatic carboxylic acids is 1. The molecule has 102 valence electrons. The summed E-state index contributed by atoms with van der Waals surface area (Å²) in [6.45, 7) is 0.444. The van der Waals surface area contributed by atoms with Crippen molar-refractivity contribution in [1.82, 2.24) is 9.97 Å². The van der Waals surface area contributed by atoms with E-state index in [4.69, 9.17) is 21.4 Å². The molecule has 6 nitrogen and oxygen atoms in total. The van der Waals surface area contributed by atoms with E-state index in [0.29, 0.717) is 17.6 Å². The number of carboxylic acids is 1. The van der Waals surface area contributed by atoms with Gasteiger partial charge < -0.3 is 15.2 Å². The Morgan fingerprint density at radius 2 is 2.15 bits per heavy atom. The molecule has 1 aliphatic heterocycles. The first-order valence-corrected chi connectivity index (χ1v) is 6.25. The highest BCUT2D eigenvalue weighted by Crippen LogP contribution is 2.35. The Bertz CT molecular complexity index is 660. The van der Waals surface area contributed by atoms with Gasteiger partial charge in [-0.25, -0.2) is 14.8 Å². The lowest BCUT2D eigenvalue weighted by Gasteiger charge is -2.11. The lowest BCUT2D eigenvalue weighted by atomic mass is 10.1. The average Bonchev–Trinajstić information content (AvgIpc) is 2.82. The van der Waals surface area contributed by atoms with Crippen LogP contribution in [0.3, 0.4) is 0 Å². The number of benzene rings is 1. The molecule has 7 heteroatoms. The smallest absolute Gasteiger partial charge is 0.338 e. The van der Waals surface area contributed by atoms with Gasteiger partial charge in [-0.2, -0.15) is 0 Å². The highest BCUT2D eigenvalue weighted by Gasteiger charge is 2.25. The van der Waals surface area contributed by atoms with E-state index in [-0.39, 0.29) is 11.6 Å². The van der Waals surface area contributed by atoms with Crippen LogP contribution < -0.4 is 10.1 Å². The van der Waals surface area contributed by atoms with Crippen LogP contribution in [-0.4, -0.2) is 27.7 Å². The molecule has 2 aromatic rings. The minimum Gasteiger partial charge on any atom is -0.491 e. The number of hydrogen-bond donors (Lipinski definition) is 2. The fraction of sp³-hybridized carbons (Fsp3) is 0.154. The summed E-state index contributed by atoms with van der Waals surface area (Å²) in [6.07, 6.45) is 2.51. The third kappa shape index (κ3) is 2.37. The molecular weight excluding hydrogens is 282 g/mol. The van der Waals surface area contributed by atoms with Gasteiger partial charge in [0.05, 0.1) is 11.6 Å². The van der Waals surface area contributed by atoms with Gasteiger partial charge >= 0.3 is 5.97 Å². The van der Waals surface area contributed by atoms with Crippen molar-refractivity contribution in [2.24, 2.45) is 0 Å². The lowest BCUT2D eigenvalue weighted by Crippen LogP contribution is -2.14. The number of anilines is 1. The summed E-state index contributed by atoms with van der Waals surface area (Å²) in [6, 6.07) is 5.29. The highest BCUT2D eigenvalue weighted by atomic mass is 35.5. The average molecular weight is 292 g/mol. The number of hydrogen-bond acceptors (Lipinski definition) is 5. The Morgan fingerprint density at radius 1 is 1.40 bits per heavy atom. The Hall–Kier alpha value is -2.34. The van der Waals surface area contributed by atoms with Crippen molar-refractivity contribution in [3.05, 3.63) is 46.7 Å². The van der Waals surface area contributed by atoms with Crippen LogP contribution in [0.1, 0.15) is 22.0 Å². The molecule has 0 saturated heterocycles. The molecule has 0 amide bonds. The van der Waals surface area contributed by atoms with Gasteiger partial charge in [-0.15, -0.1) is 0 Å². The van der Waals surface area contributed by atoms with Gasteiger partial charge in [0, 0.05) is 23.0 Å². The largest absolute Gasteiger partial charge is 0.491 e. The molecule has 1 aromatic heterocycles. The first kappa shape index (κ1) is 12.7. The van der Waals surface area contributed by atoms with E-state index in [2.05, 4.69) is 15.3 Å². The number of carboxylic acid groups (broad SMARTS) is 1. The summed E-state index contributed by atoms with van der Waals surface area (Å²) in [7, 11) is 0. The molecular formula is C13H10ClN3O3. The number of nitrogens with one attached hydrogen (secondary N) is 1. The van der Waals surface area contributed by atoms with Gasteiger partial charge in [0.1, 0.15) is 12.4 Å². The maximum atomic E-state index is 10.7. The van der Waals surface area contributed by atoms with E-state index >= 15 is 0 Å². The maximum Gasteiger partial charge on any atom is 0.338 e. The number of rotatable bonds is 3. The third-order valence-electron chi connectivity index (χ3n) is 2.95. The van der Waals surface area contributed by atoms with E-state index < -0.39 is 5.97 Å². The molecule has 20 heavy (non-hydrogen) atoms. The number of halogens is 1. The van der Waals surface area contributed by atoms with Crippen LogP contribution >= 0.6 is 11.6 Å². The van der Waals surface area contributed by atoms with Crippen LogP contribution in [0.2, 0.25) is 5.02 Å². The summed E-state index contributed by atoms with van der Waals surface area (Å²) in [4.78, 5) is 18.7. The van der Waals surface area contributed by atoms with E-state index in [0.717, 1.165) is 11.3 Å². The van der Waals surface area contributed by atoms with Crippen molar-refractivity contribution in [2.75, 3.05) is 11.9 Å². The van der Waals surface area contributed by atoms with Gasteiger partial charge in [-0.05, 0) is 18.2 Å². The maximum absolute atomic E-state index is 10.7. The van der Waals surface area contributed by atoms with Crippen molar-refractivity contribution in [1.29, 1.82) is 0 Å². The van der Waals surface area contributed by atoms with Crippen molar-refractivity contribution in [3.63, 3.8) is 0 Å². The second-order valence-corrected chi connectivity index (χ2v) is 4.73. The zero-order valence-electron chi connectivity index (χ0n) is 10.2. The van der Waals surface area contributed by atoms with Crippen LogP contribution in [-0.2, 0) is 0 Å². The predicted molar refractivity (Wildman–Crippen MR) is 72.3 cm³/mol. The molecule has 2 N–H and O–H groups in total. The van der Waals surface area contributed by atoms with Crippen LogP contribution in [0.4, 0.5) is 5.95 Å². The summed E-state index contributed by atoms with van der Waals surface area (Å²) in [5.74, 6) is 0.0587. The quantitative estimate of drug-likeness (QED) is 0.903. The molecule has 1 aromatic carbocycles. The van der Waals surface area contributed by atoms with E-state index in [1.807, 2.05) is 12.1 Å². The molecule has 3 rings (SSSR count). The van der Waals surface area contributed by atoms with Gasteiger partial charge in [0.15, 0.2) is 0 Å². The van der Waals surface area contributed by atoms with Crippen LogP contribution in [0.15, 0.2) is 30.6 Å². The standard InChI is InChI=1S/C13H10ClN3O3/c14-8-1-2-11-9(3-8)10(6-20-11)17-13-15-4-7(5-16-13)12(18)19/h1-5,10H,6H2,(H,18,19)(H,15,16,17). The number of ether oxygens (including phenoxy) is 1. The third-order valence-corrected chi connectivity index (χ3v) is 3.19. The van der Waals surface area contributed by atoms with Crippen molar-refractivity contribution in [3.8, 4) is 5.75 Å². The minimum absolute atomic E-state index is 0.0432. The van der Waals surface area contributed by atoms with Gasteiger partial charge in [-0.1, -0.05) is 11.6 Å². The first-order chi connectivity index (χ1) is 9.63. The summed E-state index contributed by atoms with van der Waals surface area (Å²) in [5, 5.41) is 12.5. The van der Waals surface area contributed by atoms with Gasteiger partial charge in [-0.3, -0.25) is 0 Å². The number of nitrogens with zero attached hydrogens (tertiary/aromatic N) is 2. The number of carbonyl (C=O) groups is 1. The Morgan fingerprint density at radius 3 is 2.85 bits per heavy atom. The molecule has 2 heterocycles. The first-order valence-electron chi connectivity index (χ1n) is 5.87. The second kappa shape index (κ2) is 4.97. The van der Waals surface area contributed by atoms with Crippen molar-refractivity contribution < 1.29 is 14.6 Å². The Labute approximate surface area is 119 Å². The topological polar surface area (TPSA) is 84.3 Å². The molecule has 0 aliphatic carbocycles. The summed E-state index contributed by atoms with van der Waals surface area (Å²) >= 11 is 5.97. The second-order valence-electron chi connectivity index (χ2n) is 4.29. The fourth-order valence-corrected chi connectivity index (χ4v) is 2.15. The molecule has 1 atom stereocenters. The van der Waals surface area contributed by atoms with Crippen LogP contribution in [0.5, 0.6) is 5.75 Å². The summed E-state index contributed by atoms with van der Waals surface area (Å²) in [5.41, 5.74) is 0.977. The monoisotopic (exact) mass is 291 g/mol. The Kier molecular flexibility index (Phi) is 3.15. The SMILES string of the molecule is O=C(O)c1cnc(NC2COc3ccc(Cl)cc32)nc1. The zero-order chi connectivity index (χ0) is 14.1. The van der Waals surface area contributed by atoms with Crippen molar-refractivity contribution >= 4 is 23.5 Å². The molecule has 0 bridgehead atoms. The van der Waals surface area contributed by atoms with Gasteiger partial charge in [0.2, 0.25) is 5.95 Å². The summed E-state index contributed by atoms with van der Waals surface area (Å²) < 4.78 is 5.53. The van der Waals surface area contributed by atoms with E-state index in [9.17, 15) is 4.79 Å². The normalized spacial score (nSPS) is 16.4. The number of fused-ring (bicyclic) bond motifs is 1. The molecule has 0 spiro atoms. The zero-order valence-corrected chi connectivity index (χ0v) is 11.0. The van der Waals surface area contributed by atoms with Crippen molar-refractivity contribution in [2.45, 2.75) is 6.04 Å². The predicted octanol–water partition coefficient (Wildman–Crippen LogP) is 2.37. The molecule has 0 saturated carbocycles. The van der Waals surface area contributed by atoms with E-state index in [1.54, 1.807) is 6.07 Å². The highest BCUT2D eigenvalue weighted by molar-refractivity contribution is 6.30. The van der Waals surface area contributed by atoms with E-state index in [1.165, 1.54) is 12.4 Å².